The molecule has 350 valence electrons. The summed E-state index contributed by atoms with van der Waals surface area (Å²) in [5.41, 5.74) is 0. The van der Waals surface area contributed by atoms with Gasteiger partial charge in [0.25, 0.3) is 0 Å². The van der Waals surface area contributed by atoms with Crippen molar-refractivity contribution in [1.29, 1.82) is 0 Å². The van der Waals surface area contributed by atoms with Gasteiger partial charge in [-0.3, -0.25) is 18.6 Å². The molecule has 0 aromatic rings. The van der Waals surface area contributed by atoms with Crippen molar-refractivity contribution in [3.05, 3.63) is 36.5 Å². The maximum absolute atomic E-state index is 12.8. The van der Waals surface area contributed by atoms with E-state index in [4.69, 9.17) is 18.5 Å². The van der Waals surface area contributed by atoms with Crippen LogP contribution in [0.25, 0.3) is 0 Å². The van der Waals surface area contributed by atoms with Crippen molar-refractivity contribution in [1.82, 2.24) is 0 Å². The molecule has 0 aromatic carbocycles. The summed E-state index contributed by atoms with van der Waals surface area (Å²) >= 11 is 0. The molecule has 0 spiro atoms. The van der Waals surface area contributed by atoms with Gasteiger partial charge in [-0.2, -0.15) is 0 Å². The number of aliphatic hydroxyl groups excluding tert-OH is 5. The van der Waals surface area contributed by atoms with Crippen LogP contribution in [0.5, 0.6) is 0 Å². The normalized spacial score (nSPS) is 22.5. The molecule has 8 atom stereocenters. The van der Waals surface area contributed by atoms with Crippen LogP contribution in [-0.2, 0) is 32.7 Å². The van der Waals surface area contributed by atoms with E-state index in [2.05, 4.69) is 50.3 Å². The lowest BCUT2D eigenvalue weighted by Gasteiger charge is -2.41. The molecular weight excluding hydrogens is 791 g/mol. The summed E-state index contributed by atoms with van der Waals surface area (Å²) in [6.45, 7) is 3.23. The van der Waals surface area contributed by atoms with Gasteiger partial charge < -0.3 is 39.9 Å². The Hall–Kier alpha value is -1.93. The van der Waals surface area contributed by atoms with Crippen molar-refractivity contribution in [3.63, 3.8) is 0 Å². The fourth-order valence-electron chi connectivity index (χ4n) is 6.90. The number of aliphatic hydroxyl groups is 5. The first-order chi connectivity index (χ1) is 28.9. The molecule has 13 nitrogen and oxygen atoms in total. The van der Waals surface area contributed by atoms with Crippen LogP contribution in [0.3, 0.4) is 0 Å². The van der Waals surface area contributed by atoms with Gasteiger partial charge in [0, 0.05) is 12.8 Å². The summed E-state index contributed by atoms with van der Waals surface area (Å²) in [6, 6.07) is 0. The van der Waals surface area contributed by atoms with Crippen LogP contribution in [0.1, 0.15) is 187 Å². The maximum Gasteiger partial charge on any atom is 0.472 e. The fourth-order valence-corrected chi connectivity index (χ4v) is 7.87. The topological polar surface area (TPSA) is 210 Å². The average Bonchev–Trinajstić information content (AvgIpc) is 3.23. The Labute approximate surface area is 361 Å². The second-order valence-electron chi connectivity index (χ2n) is 16.3. The van der Waals surface area contributed by atoms with E-state index in [-0.39, 0.29) is 12.8 Å². The highest BCUT2D eigenvalue weighted by molar-refractivity contribution is 7.47. The molecule has 0 aliphatic heterocycles. The molecule has 0 saturated heterocycles. The number of phosphoric ester groups is 1. The van der Waals surface area contributed by atoms with Crippen LogP contribution in [0, 0.1) is 0 Å². The molecule has 0 aromatic heterocycles. The second kappa shape index (κ2) is 36.5. The Morgan fingerprint density at radius 3 is 1.37 bits per heavy atom. The summed E-state index contributed by atoms with van der Waals surface area (Å²) < 4.78 is 33.5. The largest absolute Gasteiger partial charge is 0.472 e. The first-order valence-electron chi connectivity index (χ1n) is 23.3. The molecule has 1 rings (SSSR count). The number of allylic oxidation sites excluding steroid dienone is 6. The van der Waals surface area contributed by atoms with E-state index in [1.165, 1.54) is 70.6 Å². The summed E-state index contributed by atoms with van der Waals surface area (Å²) in [6.07, 6.45) is 27.7. The molecule has 6 unspecified atom stereocenters. The summed E-state index contributed by atoms with van der Waals surface area (Å²) in [4.78, 5) is 35.7. The van der Waals surface area contributed by atoms with E-state index < -0.39 is 75.7 Å². The zero-order valence-corrected chi connectivity index (χ0v) is 37.9. The van der Waals surface area contributed by atoms with E-state index in [1.807, 2.05) is 0 Å². The standard InChI is InChI=1S/C46H83O13P/c1-3-5-7-9-11-13-15-17-18-19-20-21-22-23-25-26-28-30-32-34-39(47)56-36-38(58-40(48)35-33-31-29-27-24-16-14-12-10-8-6-4-2)37-57-60(54,55)59-46-44(52)42(50)41(49)43(51)45(46)53/h11-14,17-18,38,41-46,49-53H,3-10,15-16,19-37H2,1-2H3,(H,54,55)/b13-11-,14-12-,18-17-/t38-,41?,42-,43?,44?,45?,46?/m1/s1. The van der Waals surface area contributed by atoms with Crippen LogP contribution in [0.4, 0.5) is 0 Å². The average molecular weight is 875 g/mol. The van der Waals surface area contributed by atoms with Gasteiger partial charge >= 0.3 is 19.8 Å². The first-order valence-corrected chi connectivity index (χ1v) is 24.8. The van der Waals surface area contributed by atoms with Crippen LogP contribution < -0.4 is 0 Å². The number of ether oxygens (including phenoxy) is 2. The molecule has 0 radical (unpaired) electrons. The number of carbonyl (C=O) groups excluding carboxylic acids is 2. The van der Waals surface area contributed by atoms with Gasteiger partial charge in [0.1, 0.15) is 43.2 Å². The second-order valence-corrected chi connectivity index (χ2v) is 17.7. The molecule has 1 aliphatic carbocycles. The number of rotatable bonds is 38. The zero-order chi connectivity index (χ0) is 44.3. The van der Waals surface area contributed by atoms with E-state index in [0.717, 1.165) is 77.0 Å². The molecule has 0 bridgehead atoms. The molecule has 1 aliphatic rings. The van der Waals surface area contributed by atoms with Crippen molar-refractivity contribution in [2.75, 3.05) is 13.2 Å². The van der Waals surface area contributed by atoms with Crippen molar-refractivity contribution in [2.45, 2.75) is 230 Å². The maximum atomic E-state index is 12.8. The van der Waals surface area contributed by atoms with E-state index in [0.29, 0.717) is 12.8 Å². The number of unbranched alkanes of at least 4 members (excludes halogenated alkanes) is 20. The number of hydrogen-bond donors (Lipinski definition) is 6. The van der Waals surface area contributed by atoms with E-state index in [1.54, 1.807) is 0 Å². The van der Waals surface area contributed by atoms with Gasteiger partial charge in [-0.15, -0.1) is 0 Å². The lowest BCUT2D eigenvalue weighted by Crippen LogP contribution is -2.64. The predicted octanol–water partition coefficient (Wildman–Crippen LogP) is 9.00. The quantitative estimate of drug-likeness (QED) is 0.0148. The van der Waals surface area contributed by atoms with E-state index in [9.17, 15) is 44.6 Å². The molecule has 1 saturated carbocycles. The fraction of sp³-hybridized carbons (Fsp3) is 0.826. The van der Waals surface area contributed by atoms with Crippen LogP contribution in [0.15, 0.2) is 36.5 Å². The third-order valence-corrected chi connectivity index (χ3v) is 11.7. The van der Waals surface area contributed by atoms with Gasteiger partial charge in [-0.1, -0.05) is 140 Å². The summed E-state index contributed by atoms with van der Waals surface area (Å²) in [7, 11) is -5.12. The molecular formula is C46H83O13P. The Balaban J connectivity index is 2.43. The summed E-state index contributed by atoms with van der Waals surface area (Å²) in [5.74, 6) is -1.11. The van der Waals surface area contributed by atoms with Gasteiger partial charge in [-0.25, -0.2) is 4.57 Å². The van der Waals surface area contributed by atoms with Crippen LogP contribution >= 0.6 is 7.82 Å². The number of hydrogen-bond acceptors (Lipinski definition) is 12. The Kier molecular flexibility index (Phi) is 34.2. The van der Waals surface area contributed by atoms with Crippen molar-refractivity contribution < 1.29 is 63.1 Å². The van der Waals surface area contributed by atoms with Crippen LogP contribution in [-0.4, -0.2) is 98.3 Å². The van der Waals surface area contributed by atoms with Gasteiger partial charge in [0.2, 0.25) is 0 Å². The van der Waals surface area contributed by atoms with Gasteiger partial charge in [0.15, 0.2) is 6.10 Å². The monoisotopic (exact) mass is 875 g/mol. The molecule has 14 heteroatoms. The lowest BCUT2D eigenvalue weighted by atomic mass is 9.85. The van der Waals surface area contributed by atoms with E-state index >= 15 is 0 Å². The molecule has 0 heterocycles. The van der Waals surface area contributed by atoms with Gasteiger partial charge in [0.05, 0.1) is 6.61 Å². The molecule has 6 N–H and O–H groups in total. The number of carbonyl (C=O) groups is 2. The highest BCUT2D eigenvalue weighted by Gasteiger charge is 2.51. The Bertz CT molecular complexity index is 1190. The minimum Gasteiger partial charge on any atom is -0.462 e. The van der Waals surface area contributed by atoms with Crippen molar-refractivity contribution in [3.8, 4) is 0 Å². The SMILES string of the molecule is CCCCC/C=C\C/C=C\CCCCCCCCCCCC(=O)OC[C@H](COP(=O)(O)OC1C(O)C(O)C(O)[C@@H](O)C1O)OC(=O)CCCCCCC/C=C\CCCCC. The summed E-state index contributed by atoms with van der Waals surface area (Å²) in [5, 5.41) is 50.1. The first kappa shape index (κ1) is 56.1. The van der Waals surface area contributed by atoms with Gasteiger partial charge in [-0.05, 0) is 70.6 Å². The third kappa shape index (κ3) is 28.6. The number of phosphoric acid groups is 1. The zero-order valence-electron chi connectivity index (χ0n) is 37.0. The Morgan fingerprint density at radius 2 is 0.900 bits per heavy atom. The third-order valence-electron chi connectivity index (χ3n) is 10.7. The van der Waals surface area contributed by atoms with Crippen LogP contribution in [0.2, 0.25) is 0 Å². The number of esters is 2. The van der Waals surface area contributed by atoms with Crippen molar-refractivity contribution in [2.24, 2.45) is 0 Å². The highest BCUT2D eigenvalue weighted by Crippen LogP contribution is 2.47. The Morgan fingerprint density at radius 1 is 0.517 bits per heavy atom. The minimum atomic E-state index is -5.12. The molecule has 60 heavy (non-hydrogen) atoms. The lowest BCUT2D eigenvalue weighted by molar-refractivity contribution is -0.220. The minimum absolute atomic E-state index is 0.0856. The predicted molar refractivity (Wildman–Crippen MR) is 235 cm³/mol. The van der Waals surface area contributed by atoms with Crippen molar-refractivity contribution >= 4 is 19.8 Å². The smallest absolute Gasteiger partial charge is 0.462 e. The molecule has 0 amide bonds. The highest BCUT2D eigenvalue weighted by atomic mass is 31.2. The molecule has 1 fully saturated rings.